The fourth-order valence-electron chi connectivity index (χ4n) is 2.88. The lowest BCUT2D eigenvalue weighted by molar-refractivity contribution is 0.226. The first-order valence-electron chi connectivity index (χ1n) is 7.40. The predicted octanol–water partition coefficient (Wildman–Crippen LogP) is 2.66. The molecule has 1 aliphatic rings. The maximum absolute atomic E-state index is 13.1. The number of sulfonamides is 1. The van der Waals surface area contributed by atoms with Crippen molar-refractivity contribution in [2.45, 2.75) is 50.1 Å². The van der Waals surface area contributed by atoms with Gasteiger partial charge in [-0.25, -0.2) is 8.42 Å². The van der Waals surface area contributed by atoms with Gasteiger partial charge in [-0.2, -0.15) is 4.31 Å². The SMILES string of the molecule is COc1cc(C)c(Br)cc1S(=O)(=O)N1CCCCC1C(C)N. The first-order valence-corrected chi connectivity index (χ1v) is 9.64. The Morgan fingerprint density at radius 1 is 1.41 bits per heavy atom. The third kappa shape index (κ3) is 3.32. The molecule has 7 heteroatoms. The number of methoxy groups -OCH3 is 1. The van der Waals surface area contributed by atoms with E-state index >= 15 is 0 Å². The lowest BCUT2D eigenvalue weighted by atomic mass is 10.00. The number of hydrogen-bond acceptors (Lipinski definition) is 4. The summed E-state index contributed by atoms with van der Waals surface area (Å²) < 4.78 is 33.8. The number of nitrogens with two attached hydrogens (primary N) is 1. The second-order valence-electron chi connectivity index (χ2n) is 5.79. The van der Waals surface area contributed by atoms with Crippen LogP contribution >= 0.6 is 15.9 Å². The van der Waals surface area contributed by atoms with Gasteiger partial charge in [0.05, 0.1) is 7.11 Å². The van der Waals surface area contributed by atoms with E-state index in [9.17, 15) is 8.42 Å². The summed E-state index contributed by atoms with van der Waals surface area (Å²) >= 11 is 3.41. The molecule has 5 nitrogen and oxygen atoms in total. The van der Waals surface area contributed by atoms with Crippen LogP contribution in [0.4, 0.5) is 0 Å². The minimum Gasteiger partial charge on any atom is -0.495 e. The van der Waals surface area contributed by atoms with Crippen LogP contribution in [0, 0.1) is 6.92 Å². The van der Waals surface area contributed by atoms with Crippen LogP contribution in [0.3, 0.4) is 0 Å². The van der Waals surface area contributed by atoms with Gasteiger partial charge in [0.25, 0.3) is 0 Å². The number of piperidine rings is 1. The Labute approximate surface area is 141 Å². The Morgan fingerprint density at radius 2 is 2.09 bits per heavy atom. The van der Waals surface area contributed by atoms with E-state index in [4.69, 9.17) is 10.5 Å². The maximum atomic E-state index is 13.1. The average Bonchev–Trinajstić information content (AvgIpc) is 2.49. The predicted molar refractivity (Wildman–Crippen MR) is 90.6 cm³/mol. The standard InChI is InChI=1S/C15H23BrN2O3S/c1-10-8-14(21-3)15(9-12(10)16)22(19,20)18-7-5-4-6-13(18)11(2)17/h8-9,11,13H,4-7,17H2,1-3H3. The van der Waals surface area contributed by atoms with Crippen LogP contribution in [0.15, 0.2) is 21.5 Å². The zero-order chi connectivity index (χ0) is 16.5. The molecule has 0 bridgehead atoms. The van der Waals surface area contributed by atoms with Gasteiger partial charge in [-0.1, -0.05) is 22.4 Å². The van der Waals surface area contributed by atoms with Gasteiger partial charge in [0.1, 0.15) is 10.6 Å². The van der Waals surface area contributed by atoms with Gasteiger partial charge in [-0.05, 0) is 44.4 Å². The zero-order valence-electron chi connectivity index (χ0n) is 13.2. The summed E-state index contributed by atoms with van der Waals surface area (Å²) in [5, 5.41) is 0. The van der Waals surface area contributed by atoms with Crippen LogP contribution in [0.2, 0.25) is 0 Å². The fourth-order valence-corrected chi connectivity index (χ4v) is 5.31. The van der Waals surface area contributed by atoms with E-state index < -0.39 is 10.0 Å². The molecule has 124 valence electrons. The second-order valence-corrected chi connectivity index (χ2v) is 8.50. The maximum Gasteiger partial charge on any atom is 0.247 e. The van der Waals surface area contributed by atoms with Crippen molar-refractivity contribution < 1.29 is 13.2 Å². The Morgan fingerprint density at radius 3 is 2.68 bits per heavy atom. The molecule has 1 fully saturated rings. The molecule has 0 aliphatic carbocycles. The monoisotopic (exact) mass is 390 g/mol. The van der Waals surface area contributed by atoms with Crippen LogP contribution in [0.1, 0.15) is 31.7 Å². The van der Waals surface area contributed by atoms with Crippen molar-refractivity contribution in [2.75, 3.05) is 13.7 Å². The first-order chi connectivity index (χ1) is 10.3. The smallest absolute Gasteiger partial charge is 0.247 e. The molecule has 2 atom stereocenters. The number of hydrogen-bond donors (Lipinski definition) is 1. The number of aryl methyl sites for hydroxylation is 1. The molecule has 0 saturated carbocycles. The number of ether oxygens (including phenoxy) is 1. The van der Waals surface area contributed by atoms with Gasteiger partial charge < -0.3 is 10.5 Å². The summed E-state index contributed by atoms with van der Waals surface area (Å²) in [6.45, 7) is 4.26. The van der Waals surface area contributed by atoms with E-state index in [-0.39, 0.29) is 17.0 Å². The molecule has 1 aliphatic heterocycles. The number of halogens is 1. The van der Waals surface area contributed by atoms with Gasteiger partial charge in [-0.15, -0.1) is 0 Å². The van der Waals surface area contributed by atoms with Crippen LogP contribution in [-0.2, 0) is 10.0 Å². The van der Waals surface area contributed by atoms with Crippen molar-refractivity contribution in [1.82, 2.24) is 4.31 Å². The number of nitrogens with zero attached hydrogens (tertiary/aromatic N) is 1. The van der Waals surface area contributed by atoms with Gasteiger partial charge in [-0.3, -0.25) is 0 Å². The second kappa shape index (κ2) is 6.86. The largest absolute Gasteiger partial charge is 0.495 e. The van der Waals surface area contributed by atoms with E-state index in [1.165, 1.54) is 7.11 Å². The van der Waals surface area contributed by atoms with Gasteiger partial charge in [0, 0.05) is 23.1 Å². The van der Waals surface area contributed by atoms with Gasteiger partial charge >= 0.3 is 0 Å². The summed E-state index contributed by atoms with van der Waals surface area (Å²) in [5.41, 5.74) is 6.94. The normalized spacial score (nSPS) is 21.6. The molecule has 2 N–H and O–H groups in total. The minimum absolute atomic E-state index is 0.163. The van der Waals surface area contributed by atoms with Gasteiger partial charge in [0.2, 0.25) is 10.0 Å². The lowest BCUT2D eigenvalue weighted by Gasteiger charge is -2.37. The van der Waals surface area contributed by atoms with Crippen LogP contribution in [0.25, 0.3) is 0 Å². The molecule has 2 unspecified atom stereocenters. The third-order valence-electron chi connectivity index (χ3n) is 4.14. The van der Waals surface area contributed by atoms with E-state index in [0.29, 0.717) is 12.3 Å². The summed E-state index contributed by atoms with van der Waals surface area (Å²) in [5.74, 6) is 0.370. The van der Waals surface area contributed by atoms with Crippen molar-refractivity contribution in [2.24, 2.45) is 5.73 Å². The molecule has 1 saturated heterocycles. The molecule has 22 heavy (non-hydrogen) atoms. The Bertz CT molecular complexity index is 646. The van der Waals surface area contributed by atoms with Crippen molar-refractivity contribution in [3.8, 4) is 5.75 Å². The molecule has 0 spiro atoms. The van der Waals surface area contributed by atoms with Crippen LogP contribution in [0.5, 0.6) is 5.75 Å². The fraction of sp³-hybridized carbons (Fsp3) is 0.600. The molecule has 0 radical (unpaired) electrons. The number of benzene rings is 1. The Kier molecular flexibility index (Phi) is 5.53. The molecular weight excluding hydrogens is 368 g/mol. The molecule has 2 rings (SSSR count). The van der Waals surface area contributed by atoms with Crippen molar-refractivity contribution in [1.29, 1.82) is 0 Å². The number of rotatable bonds is 4. The third-order valence-corrected chi connectivity index (χ3v) is 6.94. The molecule has 0 aromatic heterocycles. The first kappa shape index (κ1) is 17.7. The molecule has 1 aromatic rings. The molecule has 0 amide bonds. The minimum atomic E-state index is -3.64. The highest BCUT2D eigenvalue weighted by Crippen LogP contribution is 2.35. The highest BCUT2D eigenvalue weighted by atomic mass is 79.9. The summed E-state index contributed by atoms with van der Waals surface area (Å²) in [6, 6.07) is 3.00. The molecule has 1 aromatic carbocycles. The summed E-state index contributed by atoms with van der Waals surface area (Å²) in [7, 11) is -2.15. The van der Waals surface area contributed by atoms with E-state index in [0.717, 1.165) is 29.3 Å². The van der Waals surface area contributed by atoms with Crippen molar-refractivity contribution >= 4 is 26.0 Å². The van der Waals surface area contributed by atoms with Crippen molar-refractivity contribution in [3.63, 3.8) is 0 Å². The molecular formula is C15H23BrN2O3S. The Hall–Kier alpha value is -0.630. The van der Waals surface area contributed by atoms with Crippen LogP contribution < -0.4 is 10.5 Å². The van der Waals surface area contributed by atoms with Crippen LogP contribution in [-0.4, -0.2) is 38.5 Å². The highest BCUT2D eigenvalue weighted by molar-refractivity contribution is 9.10. The van der Waals surface area contributed by atoms with Gasteiger partial charge in [0.15, 0.2) is 0 Å². The van der Waals surface area contributed by atoms with E-state index in [1.54, 1.807) is 16.4 Å². The van der Waals surface area contributed by atoms with E-state index in [2.05, 4.69) is 15.9 Å². The molecule has 1 heterocycles. The quantitative estimate of drug-likeness (QED) is 0.857. The topological polar surface area (TPSA) is 72.6 Å². The highest BCUT2D eigenvalue weighted by Gasteiger charge is 2.37. The Balaban J connectivity index is 2.51. The van der Waals surface area contributed by atoms with E-state index in [1.807, 2.05) is 13.8 Å². The zero-order valence-corrected chi connectivity index (χ0v) is 15.6. The lowest BCUT2D eigenvalue weighted by Crippen LogP contribution is -2.51. The summed E-state index contributed by atoms with van der Waals surface area (Å²) in [6.07, 6.45) is 2.66. The van der Waals surface area contributed by atoms with Crippen molar-refractivity contribution in [3.05, 3.63) is 22.2 Å². The average molecular weight is 391 g/mol. The summed E-state index contributed by atoms with van der Waals surface area (Å²) in [4.78, 5) is 0.194.